The van der Waals surface area contributed by atoms with Crippen molar-refractivity contribution >= 4 is 23.5 Å². The van der Waals surface area contributed by atoms with Crippen molar-refractivity contribution < 1.29 is 19.1 Å². The standard InChI is InChI=1S/C19H21ClN2O4/c1-11-9-12(2)22-17(20)16(11)19(24)26-13(3)18(23)21-10-14-5-7-15(25-4)8-6-14/h5-9,13H,10H2,1-4H3,(H,21,23)/t13-/m0/s1. The van der Waals surface area contributed by atoms with Gasteiger partial charge >= 0.3 is 5.97 Å². The lowest BCUT2D eigenvalue weighted by atomic mass is 10.1. The summed E-state index contributed by atoms with van der Waals surface area (Å²) in [6, 6.07) is 9.03. The first-order valence-electron chi connectivity index (χ1n) is 8.07. The van der Waals surface area contributed by atoms with Gasteiger partial charge in [0.2, 0.25) is 0 Å². The molecule has 1 amide bonds. The number of pyridine rings is 1. The number of hydrogen-bond donors (Lipinski definition) is 1. The first-order chi connectivity index (χ1) is 12.3. The number of rotatable bonds is 6. The number of ether oxygens (including phenoxy) is 2. The van der Waals surface area contributed by atoms with E-state index in [0.29, 0.717) is 17.8 Å². The lowest BCUT2D eigenvalue weighted by Crippen LogP contribution is -2.35. The molecule has 0 saturated carbocycles. The number of carbonyl (C=O) groups excluding carboxylic acids is 2. The summed E-state index contributed by atoms with van der Waals surface area (Å²) < 4.78 is 10.3. The first-order valence-corrected chi connectivity index (χ1v) is 8.45. The Morgan fingerprint density at radius 1 is 1.23 bits per heavy atom. The van der Waals surface area contributed by atoms with Gasteiger partial charge < -0.3 is 14.8 Å². The number of nitrogens with zero attached hydrogens (tertiary/aromatic N) is 1. The highest BCUT2D eigenvalue weighted by Gasteiger charge is 2.22. The largest absolute Gasteiger partial charge is 0.497 e. The van der Waals surface area contributed by atoms with Crippen molar-refractivity contribution in [2.75, 3.05) is 7.11 Å². The SMILES string of the molecule is COc1ccc(CNC(=O)[C@H](C)OC(=O)c2c(C)cc(C)nc2Cl)cc1. The predicted octanol–water partition coefficient (Wildman–Crippen LogP) is 3.22. The molecule has 0 unspecified atom stereocenters. The lowest BCUT2D eigenvalue weighted by molar-refractivity contribution is -0.129. The van der Waals surface area contributed by atoms with E-state index in [0.717, 1.165) is 11.3 Å². The first kappa shape index (κ1) is 19.7. The minimum atomic E-state index is -0.961. The Morgan fingerprint density at radius 2 is 1.88 bits per heavy atom. The molecular formula is C19H21ClN2O4. The number of aryl methyl sites for hydroxylation is 2. The number of nitrogens with one attached hydrogen (secondary N) is 1. The quantitative estimate of drug-likeness (QED) is 0.618. The zero-order valence-electron chi connectivity index (χ0n) is 15.1. The molecule has 0 aliphatic rings. The highest BCUT2D eigenvalue weighted by Crippen LogP contribution is 2.20. The lowest BCUT2D eigenvalue weighted by Gasteiger charge is -2.15. The van der Waals surface area contributed by atoms with Gasteiger partial charge in [0.1, 0.15) is 10.9 Å². The van der Waals surface area contributed by atoms with E-state index in [1.54, 1.807) is 39.2 Å². The number of carbonyl (C=O) groups is 2. The van der Waals surface area contributed by atoms with Crippen LogP contribution in [0.25, 0.3) is 0 Å². The normalized spacial score (nSPS) is 11.6. The van der Waals surface area contributed by atoms with E-state index in [-0.39, 0.29) is 10.7 Å². The summed E-state index contributed by atoms with van der Waals surface area (Å²) in [5, 5.41) is 2.79. The molecular weight excluding hydrogens is 356 g/mol. The summed E-state index contributed by atoms with van der Waals surface area (Å²) in [5.41, 5.74) is 2.43. The third-order valence-electron chi connectivity index (χ3n) is 3.78. The van der Waals surface area contributed by atoms with Crippen LogP contribution < -0.4 is 10.1 Å². The molecule has 7 heteroatoms. The Bertz CT molecular complexity index is 783. The minimum absolute atomic E-state index is 0.0679. The predicted molar refractivity (Wildman–Crippen MR) is 98.4 cm³/mol. The summed E-state index contributed by atoms with van der Waals surface area (Å²) in [5.74, 6) is -0.337. The molecule has 0 saturated heterocycles. The number of esters is 1. The molecule has 1 N–H and O–H groups in total. The number of amides is 1. The fraction of sp³-hybridized carbons (Fsp3) is 0.316. The number of aromatic nitrogens is 1. The maximum atomic E-state index is 12.3. The Hall–Kier alpha value is -2.60. The van der Waals surface area contributed by atoms with E-state index >= 15 is 0 Å². The molecule has 0 radical (unpaired) electrons. The topological polar surface area (TPSA) is 77.5 Å². The van der Waals surface area contributed by atoms with E-state index in [4.69, 9.17) is 21.1 Å². The highest BCUT2D eigenvalue weighted by molar-refractivity contribution is 6.32. The van der Waals surface area contributed by atoms with Gasteiger partial charge in [-0.15, -0.1) is 0 Å². The van der Waals surface area contributed by atoms with Gasteiger partial charge in [-0.2, -0.15) is 0 Å². The van der Waals surface area contributed by atoms with E-state index in [1.165, 1.54) is 6.92 Å². The zero-order valence-corrected chi connectivity index (χ0v) is 15.9. The number of hydrogen-bond acceptors (Lipinski definition) is 5. The van der Waals surface area contributed by atoms with E-state index < -0.39 is 18.0 Å². The molecule has 2 rings (SSSR count). The van der Waals surface area contributed by atoms with Crippen molar-refractivity contribution in [2.45, 2.75) is 33.4 Å². The molecule has 1 aromatic heterocycles. The van der Waals surface area contributed by atoms with Crippen LogP contribution >= 0.6 is 11.6 Å². The third-order valence-corrected chi connectivity index (χ3v) is 4.06. The van der Waals surface area contributed by atoms with Gasteiger partial charge in [0.05, 0.1) is 12.7 Å². The van der Waals surface area contributed by atoms with Crippen LogP contribution in [0.1, 0.15) is 34.1 Å². The highest BCUT2D eigenvalue weighted by atomic mass is 35.5. The molecule has 1 aromatic carbocycles. The van der Waals surface area contributed by atoms with E-state index in [1.807, 2.05) is 12.1 Å². The average molecular weight is 377 g/mol. The van der Waals surface area contributed by atoms with Crippen LogP contribution in [0.15, 0.2) is 30.3 Å². The fourth-order valence-electron chi connectivity index (χ4n) is 2.39. The molecule has 0 fully saturated rings. The van der Waals surface area contributed by atoms with Gasteiger partial charge in [0.25, 0.3) is 5.91 Å². The molecule has 1 heterocycles. The van der Waals surface area contributed by atoms with Crippen molar-refractivity contribution in [3.8, 4) is 5.75 Å². The minimum Gasteiger partial charge on any atom is -0.497 e. The monoisotopic (exact) mass is 376 g/mol. The second-order valence-corrected chi connectivity index (χ2v) is 6.22. The smallest absolute Gasteiger partial charge is 0.342 e. The van der Waals surface area contributed by atoms with Crippen LogP contribution in [-0.2, 0) is 16.1 Å². The van der Waals surface area contributed by atoms with Gasteiger partial charge in [-0.1, -0.05) is 23.7 Å². The van der Waals surface area contributed by atoms with Crippen molar-refractivity contribution in [1.29, 1.82) is 0 Å². The fourth-order valence-corrected chi connectivity index (χ4v) is 2.75. The second-order valence-electron chi connectivity index (χ2n) is 5.86. The van der Waals surface area contributed by atoms with Crippen molar-refractivity contribution in [3.05, 3.63) is 57.9 Å². The van der Waals surface area contributed by atoms with Crippen molar-refractivity contribution in [2.24, 2.45) is 0 Å². The van der Waals surface area contributed by atoms with Gasteiger partial charge in [0, 0.05) is 12.2 Å². The Labute approximate surface area is 157 Å². The maximum Gasteiger partial charge on any atom is 0.342 e. The number of benzene rings is 1. The van der Waals surface area contributed by atoms with Crippen LogP contribution in [0.5, 0.6) is 5.75 Å². The van der Waals surface area contributed by atoms with Crippen molar-refractivity contribution in [3.63, 3.8) is 0 Å². The maximum absolute atomic E-state index is 12.3. The van der Waals surface area contributed by atoms with Crippen LogP contribution in [-0.4, -0.2) is 30.1 Å². The van der Waals surface area contributed by atoms with E-state index in [2.05, 4.69) is 10.3 Å². The molecule has 0 aliphatic heterocycles. The molecule has 0 aliphatic carbocycles. The van der Waals surface area contributed by atoms with Gasteiger partial charge in [-0.25, -0.2) is 9.78 Å². The molecule has 2 aromatic rings. The second kappa shape index (κ2) is 8.67. The number of methoxy groups -OCH3 is 1. The molecule has 0 spiro atoms. The Morgan fingerprint density at radius 3 is 2.46 bits per heavy atom. The molecule has 26 heavy (non-hydrogen) atoms. The number of halogens is 1. The molecule has 1 atom stereocenters. The molecule has 6 nitrogen and oxygen atoms in total. The third kappa shape index (κ3) is 4.95. The summed E-state index contributed by atoms with van der Waals surface area (Å²) in [6.07, 6.45) is -0.961. The van der Waals surface area contributed by atoms with Crippen LogP contribution in [0.4, 0.5) is 0 Å². The summed E-state index contributed by atoms with van der Waals surface area (Å²) >= 11 is 6.04. The molecule has 138 valence electrons. The van der Waals surface area contributed by atoms with Gasteiger partial charge in [0.15, 0.2) is 6.10 Å². The van der Waals surface area contributed by atoms with Crippen molar-refractivity contribution in [1.82, 2.24) is 10.3 Å². The summed E-state index contributed by atoms with van der Waals surface area (Å²) in [4.78, 5) is 28.5. The summed E-state index contributed by atoms with van der Waals surface area (Å²) in [6.45, 7) is 5.34. The molecule has 0 bridgehead atoms. The van der Waals surface area contributed by atoms with Crippen LogP contribution in [0.3, 0.4) is 0 Å². The Balaban J connectivity index is 1.95. The Kier molecular flexibility index (Phi) is 6.58. The van der Waals surface area contributed by atoms with Gasteiger partial charge in [-0.05, 0) is 50.1 Å². The van der Waals surface area contributed by atoms with Crippen LogP contribution in [0, 0.1) is 13.8 Å². The van der Waals surface area contributed by atoms with E-state index in [9.17, 15) is 9.59 Å². The zero-order chi connectivity index (χ0) is 19.3. The average Bonchev–Trinajstić information content (AvgIpc) is 2.59. The van der Waals surface area contributed by atoms with Crippen LogP contribution in [0.2, 0.25) is 5.15 Å². The summed E-state index contributed by atoms with van der Waals surface area (Å²) in [7, 11) is 1.59. The van der Waals surface area contributed by atoms with Gasteiger partial charge in [-0.3, -0.25) is 4.79 Å².